The molecule has 1 rings (SSSR count). The van der Waals surface area contributed by atoms with Crippen molar-refractivity contribution in [3.8, 4) is 0 Å². The Balaban J connectivity index is 0.00000400. The Kier molecular flexibility index (Phi) is 9.21. The van der Waals surface area contributed by atoms with Gasteiger partial charge >= 0.3 is 5.97 Å². The molecule has 0 spiro atoms. The number of aliphatic carboxylic acids is 1. The van der Waals surface area contributed by atoms with Crippen LogP contribution in [0.1, 0.15) is 52.3 Å². The van der Waals surface area contributed by atoms with Crippen LogP contribution in [0.5, 0.6) is 0 Å². The molecule has 0 aliphatic carbocycles. The lowest BCUT2D eigenvalue weighted by atomic mass is 10.1. The highest BCUT2D eigenvalue weighted by Gasteiger charge is 2.19. The number of nitrogens with zero attached hydrogens (tertiary/aromatic N) is 3. The first-order valence-corrected chi connectivity index (χ1v) is 7.19. The molecule has 1 aromatic heterocycles. The number of carboxylic acids is 1. The number of aryl methyl sites for hydroxylation is 1. The van der Waals surface area contributed by atoms with Crippen molar-refractivity contribution in [2.24, 2.45) is 5.92 Å². The van der Waals surface area contributed by atoms with Gasteiger partial charge in [-0.3, -0.25) is 9.69 Å². The Hall–Kier alpha value is -1.14. The zero-order chi connectivity index (χ0) is 15.1. The number of halogens is 1. The van der Waals surface area contributed by atoms with E-state index in [4.69, 9.17) is 9.63 Å². The van der Waals surface area contributed by atoms with E-state index in [0.29, 0.717) is 24.2 Å². The number of hydrogen-bond donors (Lipinski definition) is 1. The van der Waals surface area contributed by atoms with E-state index in [9.17, 15) is 4.79 Å². The second-order valence-electron chi connectivity index (χ2n) is 5.59. The standard InChI is InChI=1S/C14H25N3O3.ClH/c1-5-11(4)17(9-14(18)19)8-13-15-12(16-20-13)7-6-10(2)3;/h10-11H,5-9H2,1-4H3,(H,18,19);1H. The summed E-state index contributed by atoms with van der Waals surface area (Å²) < 4.78 is 5.21. The van der Waals surface area contributed by atoms with Gasteiger partial charge < -0.3 is 9.63 Å². The van der Waals surface area contributed by atoms with Crippen molar-refractivity contribution >= 4 is 18.4 Å². The molecule has 0 fully saturated rings. The smallest absolute Gasteiger partial charge is 0.317 e. The van der Waals surface area contributed by atoms with Crippen molar-refractivity contribution in [1.29, 1.82) is 0 Å². The molecule has 1 atom stereocenters. The summed E-state index contributed by atoms with van der Waals surface area (Å²) in [5, 5.41) is 12.9. The van der Waals surface area contributed by atoms with Gasteiger partial charge in [0, 0.05) is 12.5 Å². The SMILES string of the molecule is CCC(C)N(CC(=O)O)Cc1nc(CCC(C)C)no1.Cl. The normalized spacial score (nSPS) is 12.5. The fourth-order valence-electron chi connectivity index (χ4n) is 1.85. The second kappa shape index (κ2) is 9.73. The molecular weight excluding hydrogens is 294 g/mol. The maximum atomic E-state index is 10.9. The van der Waals surface area contributed by atoms with Crippen LogP contribution in [-0.2, 0) is 17.8 Å². The highest BCUT2D eigenvalue weighted by atomic mass is 35.5. The molecule has 6 nitrogen and oxygen atoms in total. The maximum absolute atomic E-state index is 10.9. The van der Waals surface area contributed by atoms with Crippen LogP contribution < -0.4 is 0 Å². The Bertz CT molecular complexity index is 423. The summed E-state index contributed by atoms with van der Waals surface area (Å²) in [5.74, 6) is 0.948. The lowest BCUT2D eigenvalue weighted by Crippen LogP contribution is -2.36. The lowest BCUT2D eigenvalue weighted by Gasteiger charge is -2.24. The van der Waals surface area contributed by atoms with Crippen molar-refractivity contribution < 1.29 is 14.4 Å². The number of rotatable bonds is 9. The van der Waals surface area contributed by atoms with Crippen LogP contribution in [0, 0.1) is 5.92 Å². The molecule has 0 bridgehead atoms. The molecule has 1 N–H and O–H groups in total. The number of carboxylic acid groups (broad SMARTS) is 1. The van der Waals surface area contributed by atoms with Gasteiger partial charge in [0.2, 0.25) is 5.89 Å². The average molecular weight is 320 g/mol. The van der Waals surface area contributed by atoms with Crippen LogP contribution in [0.2, 0.25) is 0 Å². The van der Waals surface area contributed by atoms with Gasteiger partial charge in [0.05, 0.1) is 13.1 Å². The maximum Gasteiger partial charge on any atom is 0.317 e. The fraction of sp³-hybridized carbons (Fsp3) is 0.786. The predicted molar refractivity (Wildman–Crippen MR) is 82.5 cm³/mol. The van der Waals surface area contributed by atoms with E-state index in [1.54, 1.807) is 0 Å². The molecule has 0 aliphatic rings. The molecule has 0 aromatic carbocycles. The van der Waals surface area contributed by atoms with Crippen molar-refractivity contribution in [2.45, 2.75) is 59.5 Å². The first-order chi connectivity index (χ1) is 9.42. The molecule has 0 aliphatic heterocycles. The van der Waals surface area contributed by atoms with Crippen molar-refractivity contribution in [1.82, 2.24) is 15.0 Å². The molecule has 7 heteroatoms. The third-order valence-electron chi connectivity index (χ3n) is 3.35. The van der Waals surface area contributed by atoms with Crippen molar-refractivity contribution in [3.05, 3.63) is 11.7 Å². The van der Waals surface area contributed by atoms with Gasteiger partial charge in [0.15, 0.2) is 5.82 Å². The minimum atomic E-state index is -0.843. The summed E-state index contributed by atoms with van der Waals surface area (Å²) in [7, 11) is 0. The molecule has 1 unspecified atom stereocenters. The first-order valence-electron chi connectivity index (χ1n) is 7.19. The zero-order valence-electron chi connectivity index (χ0n) is 13.2. The quantitative estimate of drug-likeness (QED) is 0.754. The Morgan fingerprint density at radius 2 is 2.05 bits per heavy atom. The molecule has 1 aromatic rings. The summed E-state index contributed by atoms with van der Waals surface area (Å²) >= 11 is 0. The van der Waals surface area contributed by atoms with Gasteiger partial charge in [-0.2, -0.15) is 4.98 Å². The summed E-state index contributed by atoms with van der Waals surface area (Å²) in [6.07, 6.45) is 2.69. The lowest BCUT2D eigenvalue weighted by molar-refractivity contribution is -0.139. The number of hydrogen-bond acceptors (Lipinski definition) is 5. The van der Waals surface area contributed by atoms with Gasteiger partial charge in [-0.1, -0.05) is 25.9 Å². The average Bonchev–Trinajstić information content (AvgIpc) is 2.81. The largest absolute Gasteiger partial charge is 0.480 e. The Morgan fingerprint density at radius 1 is 1.38 bits per heavy atom. The van der Waals surface area contributed by atoms with Crippen LogP contribution in [0.25, 0.3) is 0 Å². The predicted octanol–water partition coefficient (Wildman–Crippen LogP) is 2.77. The zero-order valence-corrected chi connectivity index (χ0v) is 14.0. The fourth-order valence-corrected chi connectivity index (χ4v) is 1.85. The highest BCUT2D eigenvalue weighted by molar-refractivity contribution is 5.85. The van der Waals surface area contributed by atoms with Gasteiger partial charge in [-0.15, -0.1) is 12.4 Å². The monoisotopic (exact) mass is 319 g/mol. The van der Waals surface area contributed by atoms with Gasteiger partial charge in [0.1, 0.15) is 0 Å². The van der Waals surface area contributed by atoms with Crippen molar-refractivity contribution in [2.75, 3.05) is 6.54 Å². The molecule has 1 heterocycles. The summed E-state index contributed by atoms with van der Waals surface area (Å²) in [4.78, 5) is 17.1. The summed E-state index contributed by atoms with van der Waals surface area (Å²) in [6.45, 7) is 8.70. The minimum absolute atomic E-state index is 0. The summed E-state index contributed by atoms with van der Waals surface area (Å²) in [6, 6.07) is 0.164. The third kappa shape index (κ3) is 7.43. The molecule has 21 heavy (non-hydrogen) atoms. The van der Waals surface area contributed by atoms with E-state index >= 15 is 0 Å². The molecule has 0 radical (unpaired) electrons. The second-order valence-corrected chi connectivity index (χ2v) is 5.59. The third-order valence-corrected chi connectivity index (χ3v) is 3.35. The highest BCUT2D eigenvalue weighted by Crippen LogP contribution is 2.11. The van der Waals surface area contributed by atoms with E-state index in [2.05, 4.69) is 24.0 Å². The molecule has 0 saturated heterocycles. The molecule has 0 amide bonds. The van der Waals surface area contributed by atoms with Gasteiger partial charge in [-0.25, -0.2) is 0 Å². The van der Waals surface area contributed by atoms with Crippen LogP contribution in [0.4, 0.5) is 0 Å². The topological polar surface area (TPSA) is 79.5 Å². The first kappa shape index (κ1) is 19.9. The number of aromatic nitrogens is 2. The summed E-state index contributed by atoms with van der Waals surface area (Å²) in [5.41, 5.74) is 0. The van der Waals surface area contributed by atoms with Crippen LogP contribution >= 0.6 is 12.4 Å². The van der Waals surface area contributed by atoms with E-state index in [-0.39, 0.29) is 25.0 Å². The molecule has 0 saturated carbocycles. The van der Waals surface area contributed by atoms with Crippen molar-refractivity contribution in [3.63, 3.8) is 0 Å². The van der Waals surface area contributed by atoms with E-state index in [1.165, 1.54) is 0 Å². The molecular formula is C14H26ClN3O3. The Labute approximate surface area is 132 Å². The van der Waals surface area contributed by atoms with Crippen LogP contribution in [0.15, 0.2) is 4.52 Å². The minimum Gasteiger partial charge on any atom is -0.480 e. The van der Waals surface area contributed by atoms with E-state index in [0.717, 1.165) is 19.3 Å². The van der Waals surface area contributed by atoms with E-state index < -0.39 is 5.97 Å². The van der Waals surface area contributed by atoms with E-state index in [1.807, 2.05) is 18.7 Å². The molecule has 122 valence electrons. The van der Waals surface area contributed by atoms with Crippen LogP contribution in [-0.4, -0.2) is 38.7 Å². The Morgan fingerprint density at radius 3 is 2.57 bits per heavy atom. The van der Waals surface area contributed by atoms with Gasteiger partial charge in [-0.05, 0) is 25.7 Å². The van der Waals surface area contributed by atoms with Crippen LogP contribution in [0.3, 0.4) is 0 Å². The van der Waals surface area contributed by atoms with Gasteiger partial charge in [0.25, 0.3) is 0 Å². The number of carbonyl (C=O) groups is 1.